The molecule has 20 nitrogen and oxygen atoms in total. The van der Waals surface area contributed by atoms with E-state index in [1.54, 1.807) is 0 Å². The first kappa shape index (κ1) is 46.2. The number of amides is 4. The van der Waals surface area contributed by atoms with E-state index in [-0.39, 0.29) is 96.4 Å². The average molecular weight is 751 g/mol. The molecule has 1 rings (SSSR count). The van der Waals surface area contributed by atoms with Gasteiger partial charge in [-0.15, -0.1) is 5.06 Å². The number of carbonyl (C=O) groups is 7. The van der Waals surface area contributed by atoms with Crippen LogP contribution in [-0.2, 0) is 66.8 Å². The number of carbonyl (C=O) groups excluding carboxylic acids is 7. The van der Waals surface area contributed by atoms with Crippen LogP contribution in [0.4, 0.5) is 0 Å². The van der Waals surface area contributed by atoms with Crippen molar-refractivity contribution in [3.05, 3.63) is 0 Å². The molecule has 20 heteroatoms. The van der Waals surface area contributed by atoms with Crippen molar-refractivity contribution in [2.24, 2.45) is 0 Å². The first-order chi connectivity index (χ1) is 25.2. The second kappa shape index (κ2) is 30.8. The fourth-order valence-corrected chi connectivity index (χ4v) is 4.15. The van der Waals surface area contributed by atoms with E-state index in [4.69, 9.17) is 43.5 Å². The first-order valence-electron chi connectivity index (χ1n) is 17.3. The van der Waals surface area contributed by atoms with Gasteiger partial charge in [0.15, 0.2) is 0 Å². The van der Waals surface area contributed by atoms with Gasteiger partial charge in [0.25, 0.3) is 11.8 Å². The molecule has 0 bridgehead atoms. The molecule has 1 aliphatic rings. The fraction of sp³-hybridized carbons (Fsp3) is 0.781. The lowest BCUT2D eigenvalue weighted by Crippen LogP contribution is -2.40. The van der Waals surface area contributed by atoms with Crippen LogP contribution in [0.25, 0.3) is 0 Å². The molecule has 0 aromatic heterocycles. The summed E-state index contributed by atoms with van der Waals surface area (Å²) in [5.41, 5.74) is 0. The lowest BCUT2D eigenvalue weighted by Gasteiger charge is -2.22. The molecule has 1 fully saturated rings. The third kappa shape index (κ3) is 25.2. The molecule has 1 saturated heterocycles. The molecule has 0 saturated carbocycles. The van der Waals surface area contributed by atoms with Crippen LogP contribution in [0.1, 0.15) is 51.4 Å². The molecule has 298 valence electrons. The molecule has 1 heterocycles. The number of hydrogen-bond donors (Lipinski definition) is 4. The number of hydrogen-bond acceptors (Lipinski definition) is 17. The molecule has 0 spiro atoms. The van der Waals surface area contributed by atoms with Crippen molar-refractivity contribution in [1.82, 2.24) is 20.6 Å². The second-order valence-corrected chi connectivity index (χ2v) is 11.1. The highest BCUT2D eigenvalue weighted by molar-refractivity contribution is 6.01. The van der Waals surface area contributed by atoms with Gasteiger partial charge in [-0.1, -0.05) is 0 Å². The normalized spacial score (nSPS) is 12.6. The number of imide groups is 1. The molecule has 0 radical (unpaired) electrons. The Morgan fingerprint density at radius 3 is 1.42 bits per heavy atom. The number of nitrogens with one attached hydrogen (secondary N) is 2. The summed E-state index contributed by atoms with van der Waals surface area (Å²) in [6, 6.07) is 0. The summed E-state index contributed by atoms with van der Waals surface area (Å²) in [6.07, 6.45) is 0.927. The summed E-state index contributed by atoms with van der Waals surface area (Å²) in [7, 11) is 0. The maximum atomic E-state index is 12.5. The summed E-state index contributed by atoms with van der Waals surface area (Å²) in [6.45, 7) is 2.17. The van der Waals surface area contributed by atoms with Crippen LogP contribution in [0, 0.1) is 0 Å². The molecule has 0 atom stereocenters. The maximum absolute atomic E-state index is 12.5. The van der Waals surface area contributed by atoms with Gasteiger partial charge in [0.2, 0.25) is 11.8 Å². The minimum absolute atomic E-state index is 0.0406. The third-order valence-corrected chi connectivity index (χ3v) is 6.79. The Morgan fingerprint density at radius 1 is 0.577 bits per heavy atom. The molecule has 4 N–H and O–H groups in total. The van der Waals surface area contributed by atoms with E-state index >= 15 is 0 Å². The molecule has 0 unspecified atom stereocenters. The van der Waals surface area contributed by atoms with Gasteiger partial charge in [-0.25, -0.2) is 4.79 Å². The third-order valence-electron chi connectivity index (χ3n) is 6.79. The topological polar surface area (TPSA) is 255 Å². The Labute approximate surface area is 302 Å². The van der Waals surface area contributed by atoms with Crippen molar-refractivity contribution in [2.75, 3.05) is 112 Å². The van der Waals surface area contributed by atoms with Gasteiger partial charge in [-0.05, 0) is 12.8 Å². The van der Waals surface area contributed by atoms with Gasteiger partial charge < -0.3 is 54.1 Å². The van der Waals surface area contributed by atoms with Crippen molar-refractivity contribution in [2.45, 2.75) is 51.4 Å². The molecule has 0 aliphatic carbocycles. The molecule has 1 aliphatic heterocycles. The fourth-order valence-electron chi connectivity index (χ4n) is 4.15. The summed E-state index contributed by atoms with van der Waals surface area (Å²) in [5.74, 6) is -3.63. The molecule has 0 aromatic rings. The zero-order valence-electron chi connectivity index (χ0n) is 29.7. The SMILES string of the molecule is O=C(CCO)NCCOCCOCCCC(=O)OCCN(CCOC(=O)CCCOCCOCCNC(=O)CCO)CC(=O)ON1C(=O)CCC1=O. The number of esters is 2. The zero-order chi connectivity index (χ0) is 38.2. The Hall–Kier alpha value is -3.79. The highest BCUT2D eigenvalue weighted by Crippen LogP contribution is 2.12. The van der Waals surface area contributed by atoms with Crippen molar-refractivity contribution in [1.29, 1.82) is 0 Å². The predicted molar refractivity (Wildman–Crippen MR) is 177 cm³/mol. The van der Waals surface area contributed by atoms with Crippen LogP contribution in [0.5, 0.6) is 0 Å². The van der Waals surface area contributed by atoms with Crippen LogP contribution in [0.15, 0.2) is 0 Å². The van der Waals surface area contributed by atoms with Crippen molar-refractivity contribution < 1.29 is 77.0 Å². The largest absolute Gasteiger partial charge is 0.464 e. The second-order valence-electron chi connectivity index (χ2n) is 11.1. The van der Waals surface area contributed by atoms with E-state index in [0.717, 1.165) is 0 Å². The first-order valence-corrected chi connectivity index (χ1v) is 17.3. The van der Waals surface area contributed by atoms with E-state index in [1.165, 1.54) is 4.90 Å². The van der Waals surface area contributed by atoms with Gasteiger partial charge in [-0.2, -0.15) is 0 Å². The summed E-state index contributed by atoms with van der Waals surface area (Å²) < 4.78 is 31.9. The van der Waals surface area contributed by atoms with E-state index < -0.39 is 29.7 Å². The zero-order valence-corrected chi connectivity index (χ0v) is 29.7. The molecular weight excluding hydrogens is 696 g/mol. The van der Waals surface area contributed by atoms with Gasteiger partial charge in [-0.3, -0.25) is 33.7 Å². The molecule has 0 aromatic carbocycles. The number of aliphatic hydroxyl groups excluding tert-OH is 2. The van der Waals surface area contributed by atoms with Crippen molar-refractivity contribution in [3.63, 3.8) is 0 Å². The van der Waals surface area contributed by atoms with E-state index in [1.807, 2.05) is 0 Å². The van der Waals surface area contributed by atoms with Crippen LogP contribution in [-0.4, -0.2) is 174 Å². The van der Waals surface area contributed by atoms with Gasteiger partial charge in [0, 0.05) is 77.9 Å². The monoisotopic (exact) mass is 750 g/mol. The number of nitrogens with zero attached hydrogens (tertiary/aromatic N) is 2. The minimum Gasteiger partial charge on any atom is -0.464 e. The van der Waals surface area contributed by atoms with Crippen LogP contribution >= 0.6 is 0 Å². The van der Waals surface area contributed by atoms with E-state index in [0.29, 0.717) is 83.8 Å². The molecular formula is C32H54N4O16. The Bertz CT molecular complexity index is 1010. The number of hydroxylamine groups is 2. The Morgan fingerprint density at radius 2 is 1.00 bits per heavy atom. The number of ether oxygens (including phenoxy) is 6. The summed E-state index contributed by atoms with van der Waals surface area (Å²) >= 11 is 0. The summed E-state index contributed by atoms with van der Waals surface area (Å²) in [5, 5.41) is 23.0. The van der Waals surface area contributed by atoms with Crippen LogP contribution in [0.2, 0.25) is 0 Å². The Kier molecular flexibility index (Phi) is 27.4. The number of rotatable bonds is 33. The average Bonchev–Trinajstić information content (AvgIpc) is 3.42. The lowest BCUT2D eigenvalue weighted by molar-refractivity contribution is -0.198. The lowest BCUT2D eigenvalue weighted by atomic mass is 10.3. The minimum atomic E-state index is -0.888. The van der Waals surface area contributed by atoms with E-state index in [2.05, 4.69) is 10.6 Å². The van der Waals surface area contributed by atoms with Gasteiger partial charge in [0.1, 0.15) is 13.2 Å². The van der Waals surface area contributed by atoms with Crippen LogP contribution < -0.4 is 10.6 Å². The van der Waals surface area contributed by atoms with Gasteiger partial charge in [0.05, 0.1) is 59.4 Å². The van der Waals surface area contributed by atoms with E-state index in [9.17, 15) is 33.6 Å². The maximum Gasteiger partial charge on any atom is 0.347 e. The smallest absolute Gasteiger partial charge is 0.347 e. The highest BCUT2D eigenvalue weighted by Gasteiger charge is 2.33. The summed E-state index contributed by atoms with van der Waals surface area (Å²) in [4.78, 5) is 89.3. The van der Waals surface area contributed by atoms with Gasteiger partial charge >= 0.3 is 17.9 Å². The van der Waals surface area contributed by atoms with Crippen molar-refractivity contribution in [3.8, 4) is 0 Å². The number of aliphatic hydroxyl groups is 2. The van der Waals surface area contributed by atoms with Crippen molar-refractivity contribution >= 4 is 41.5 Å². The molecule has 4 amide bonds. The standard InChI is InChI=1S/C32H54N4O16/c37-13-7-26(39)33-9-17-48-23-21-46-15-1-3-30(43)50-19-11-35(25-32(45)52-36-28(41)5-6-29(36)42)12-20-51-31(44)4-2-16-47-22-24-49-18-10-34-27(40)8-14-38/h37-38H,1-25H2,(H,33,39)(H,34,40). The van der Waals surface area contributed by atoms with Crippen LogP contribution in [0.3, 0.4) is 0 Å². The quantitative estimate of drug-likeness (QED) is 0.0310. The highest BCUT2D eigenvalue weighted by atomic mass is 16.7. The molecule has 52 heavy (non-hydrogen) atoms. The Balaban J connectivity index is 2.27. The predicted octanol–water partition coefficient (Wildman–Crippen LogP) is -2.39.